The summed E-state index contributed by atoms with van der Waals surface area (Å²) in [6.45, 7) is 7.67. The number of rotatable bonds is 3. The summed E-state index contributed by atoms with van der Waals surface area (Å²) in [5.41, 5.74) is 2.00. The molecule has 1 saturated heterocycles. The van der Waals surface area contributed by atoms with Gasteiger partial charge in [0.1, 0.15) is 6.10 Å². The molecule has 0 radical (unpaired) electrons. The highest BCUT2D eigenvalue weighted by atomic mass is 16.5. The summed E-state index contributed by atoms with van der Waals surface area (Å²) in [6.07, 6.45) is 0.709. The van der Waals surface area contributed by atoms with Gasteiger partial charge in [-0.2, -0.15) is 0 Å². The molecule has 116 valence electrons. The molecule has 0 aliphatic carbocycles. The van der Waals surface area contributed by atoms with Gasteiger partial charge in [0.15, 0.2) is 0 Å². The summed E-state index contributed by atoms with van der Waals surface area (Å²) in [7, 11) is 1.65. The van der Waals surface area contributed by atoms with Crippen molar-refractivity contribution < 1.29 is 14.3 Å². The van der Waals surface area contributed by atoms with Gasteiger partial charge in [0.25, 0.3) is 5.91 Å². The van der Waals surface area contributed by atoms with E-state index in [0.717, 1.165) is 6.42 Å². The van der Waals surface area contributed by atoms with Gasteiger partial charge in [0.05, 0.1) is 12.6 Å². The topological polar surface area (TPSA) is 47.6 Å². The van der Waals surface area contributed by atoms with Crippen molar-refractivity contribution in [2.75, 3.05) is 20.3 Å². The van der Waals surface area contributed by atoms with Gasteiger partial charge in [-0.15, -0.1) is 0 Å². The van der Waals surface area contributed by atoms with E-state index in [1.165, 1.54) is 5.56 Å². The third-order valence-corrected chi connectivity index (χ3v) is 3.94. The number of methoxy groups -OCH3 is 1. The molecule has 1 heterocycles. The Hall–Kier alpha value is -1.39. The van der Waals surface area contributed by atoms with Crippen molar-refractivity contribution in [3.8, 4) is 0 Å². The van der Waals surface area contributed by atoms with Crippen molar-refractivity contribution in [1.82, 2.24) is 5.32 Å². The maximum atomic E-state index is 12.3. The van der Waals surface area contributed by atoms with Crippen LogP contribution in [0.25, 0.3) is 0 Å². The summed E-state index contributed by atoms with van der Waals surface area (Å²) in [5.74, 6) is -0.0515. The molecule has 1 N–H and O–H groups in total. The van der Waals surface area contributed by atoms with Gasteiger partial charge in [-0.3, -0.25) is 4.79 Å². The highest BCUT2D eigenvalue weighted by Gasteiger charge is 2.27. The lowest BCUT2D eigenvalue weighted by molar-refractivity contribution is -0.0479. The van der Waals surface area contributed by atoms with Crippen molar-refractivity contribution in [1.29, 1.82) is 0 Å². The van der Waals surface area contributed by atoms with Crippen LogP contribution in [-0.2, 0) is 14.9 Å². The van der Waals surface area contributed by atoms with E-state index in [4.69, 9.17) is 9.47 Å². The molecule has 0 saturated carbocycles. The summed E-state index contributed by atoms with van der Waals surface area (Å²) in [6, 6.07) is 7.83. The first-order chi connectivity index (χ1) is 9.91. The van der Waals surface area contributed by atoms with E-state index in [0.29, 0.717) is 18.8 Å². The predicted molar refractivity (Wildman–Crippen MR) is 82.6 cm³/mol. The van der Waals surface area contributed by atoms with Crippen molar-refractivity contribution in [3.63, 3.8) is 0 Å². The smallest absolute Gasteiger partial charge is 0.251 e. The van der Waals surface area contributed by atoms with Gasteiger partial charge in [0, 0.05) is 19.3 Å². The van der Waals surface area contributed by atoms with Crippen LogP contribution in [-0.4, -0.2) is 38.4 Å². The number of ether oxygens (including phenoxy) is 2. The van der Waals surface area contributed by atoms with Crippen LogP contribution in [0.5, 0.6) is 0 Å². The maximum Gasteiger partial charge on any atom is 0.251 e. The largest absolute Gasteiger partial charge is 0.379 e. The van der Waals surface area contributed by atoms with Crippen molar-refractivity contribution in [2.45, 2.75) is 44.8 Å². The van der Waals surface area contributed by atoms with Crippen LogP contribution in [0.15, 0.2) is 24.3 Å². The number of hydrogen-bond donors (Lipinski definition) is 1. The Bertz CT molecular complexity index is 476. The van der Waals surface area contributed by atoms with Gasteiger partial charge in [-0.1, -0.05) is 32.9 Å². The highest BCUT2D eigenvalue weighted by molar-refractivity contribution is 5.94. The number of carbonyl (C=O) groups is 1. The van der Waals surface area contributed by atoms with Gasteiger partial charge < -0.3 is 14.8 Å². The second kappa shape index (κ2) is 6.58. The van der Waals surface area contributed by atoms with E-state index < -0.39 is 0 Å². The molecule has 1 fully saturated rings. The molecule has 4 heteroatoms. The Labute approximate surface area is 126 Å². The average Bonchev–Trinajstić information content (AvgIpc) is 2.47. The number of benzene rings is 1. The zero-order valence-corrected chi connectivity index (χ0v) is 13.3. The Morgan fingerprint density at radius 2 is 1.95 bits per heavy atom. The Kier molecular flexibility index (Phi) is 5.01. The molecular formula is C17H25NO3. The van der Waals surface area contributed by atoms with E-state index >= 15 is 0 Å². The maximum absolute atomic E-state index is 12.3. The monoisotopic (exact) mass is 291 g/mol. The highest BCUT2D eigenvalue weighted by Crippen LogP contribution is 2.22. The van der Waals surface area contributed by atoms with E-state index in [1.54, 1.807) is 7.11 Å². The lowest BCUT2D eigenvalue weighted by atomic mass is 9.86. The zero-order valence-electron chi connectivity index (χ0n) is 13.3. The Morgan fingerprint density at radius 3 is 2.52 bits per heavy atom. The first-order valence-electron chi connectivity index (χ1n) is 7.44. The van der Waals surface area contributed by atoms with Crippen molar-refractivity contribution in [3.05, 3.63) is 35.4 Å². The fourth-order valence-corrected chi connectivity index (χ4v) is 2.48. The first-order valence-corrected chi connectivity index (χ1v) is 7.44. The standard InChI is InChI=1S/C17H25NO3/c1-17(2,3)13-7-5-12(6-8-13)16(19)18-14-9-10-21-11-15(14)20-4/h5-8,14-15H,9-11H2,1-4H3,(H,18,19)/t14-,15-/m1/s1. The average molecular weight is 291 g/mol. The number of hydrogen-bond acceptors (Lipinski definition) is 3. The molecular weight excluding hydrogens is 266 g/mol. The second-order valence-electron chi connectivity index (χ2n) is 6.55. The number of nitrogens with one attached hydrogen (secondary N) is 1. The van der Waals surface area contributed by atoms with Crippen LogP contribution in [0.4, 0.5) is 0 Å². The molecule has 0 bridgehead atoms. The number of carbonyl (C=O) groups excluding carboxylic acids is 1. The Morgan fingerprint density at radius 1 is 1.29 bits per heavy atom. The fraction of sp³-hybridized carbons (Fsp3) is 0.588. The predicted octanol–water partition coefficient (Wildman–Crippen LogP) is 2.52. The molecule has 0 unspecified atom stereocenters. The molecule has 4 nitrogen and oxygen atoms in total. The first kappa shape index (κ1) is 16.0. The van der Waals surface area contributed by atoms with Crippen LogP contribution in [0.3, 0.4) is 0 Å². The summed E-state index contributed by atoms with van der Waals surface area (Å²) >= 11 is 0. The lowest BCUT2D eigenvalue weighted by Crippen LogP contribution is -2.49. The third kappa shape index (κ3) is 4.05. The van der Waals surface area contributed by atoms with E-state index in [2.05, 4.69) is 26.1 Å². The second-order valence-corrected chi connectivity index (χ2v) is 6.55. The van der Waals surface area contributed by atoms with Crippen LogP contribution in [0.1, 0.15) is 43.1 Å². The van der Waals surface area contributed by atoms with Crippen LogP contribution >= 0.6 is 0 Å². The molecule has 1 aromatic carbocycles. The van der Waals surface area contributed by atoms with Gasteiger partial charge >= 0.3 is 0 Å². The fourth-order valence-electron chi connectivity index (χ4n) is 2.48. The quantitative estimate of drug-likeness (QED) is 0.931. The van der Waals surface area contributed by atoms with Crippen LogP contribution in [0.2, 0.25) is 0 Å². The summed E-state index contributed by atoms with van der Waals surface area (Å²) in [4.78, 5) is 12.3. The Balaban J connectivity index is 2.03. The van der Waals surface area contributed by atoms with E-state index in [9.17, 15) is 4.79 Å². The molecule has 0 spiro atoms. The SMILES string of the molecule is CO[C@@H]1COCC[C@H]1NC(=O)c1ccc(C(C)(C)C)cc1. The van der Waals surface area contributed by atoms with Gasteiger partial charge in [-0.05, 0) is 29.5 Å². The van der Waals surface area contributed by atoms with Crippen LogP contribution < -0.4 is 5.32 Å². The minimum Gasteiger partial charge on any atom is -0.379 e. The summed E-state index contributed by atoms with van der Waals surface area (Å²) < 4.78 is 10.7. The van der Waals surface area contributed by atoms with Crippen LogP contribution in [0, 0.1) is 0 Å². The third-order valence-electron chi connectivity index (χ3n) is 3.94. The molecule has 0 aromatic heterocycles. The minimum atomic E-state index is -0.0726. The normalized spacial score (nSPS) is 22.9. The summed E-state index contributed by atoms with van der Waals surface area (Å²) in [5, 5.41) is 3.05. The van der Waals surface area contributed by atoms with E-state index in [-0.39, 0.29) is 23.5 Å². The van der Waals surface area contributed by atoms with Gasteiger partial charge in [0.2, 0.25) is 0 Å². The minimum absolute atomic E-state index is 0.0125. The molecule has 21 heavy (non-hydrogen) atoms. The zero-order chi connectivity index (χ0) is 15.5. The molecule has 1 amide bonds. The lowest BCUT2D eigenvalue weighted by Gasteiger charge is -2.31. The van der Waals surface area contributed by atoms with Crippen molar-refractivity contribution >= 4 is 5.91 Å². The molecule has 2 rings (SSSR count). The molecule has 1 aliphatic rings. The van der Waals surface area contributed by atoms with E-state index in [1.807, 2.05) is 24.3 Å². The molecule has 1 aliphatic heterocycles. The molecule has 2 atom stereocenters. The molecule has 1 aromatic rings. The number of amides is 1. The van der Waals surface area contributed by atoms with Gasteiger partial charge in [-0.25, -0.2) is 0 Å². The van der Waals surface area contributed by atoms with Crippen molar-refractivity contribution in [2.24, 2.45) is 0 Å².